The standard InChI is InChI=1S/C20H23BrN2O2/c1-14-10-15-6-4-5-7-18(15)23(14)20(24)13-22(2)12-16-11-17(21)8-9-19(16)25-3/h4-9,11,14H,10,12-13H2,1-3H3/p+1/t14-/m0/s1. The van der Waals surface area contributed by atoms with Crippen LogP contribution in [0.25, 0.3) is 0 Å². The van der Waals surface area contributed by atoms with Gasteiger partial charge >= 0.3 is 0 Å². The van der Waals surface area contributed by atoms with E-state index in [1.54, 1.807) is 7.11 Å². The molecule has 0 saturated carbocycles. The van der Waals surface area contributed by atoms with E-state index in [4.69, 9.17) is 4.74 Å². The molecular weight excluding hydrogens is 380 g/mol. The molecule has 2 aromatic rings. The van der Waals surface area contributed by atoms with Gasteiger partial charge in [-0.05, 0) is 43.2 Å². The average Bonchev–Trinajstić information content (AvgIpc) is 2.90. The zero-order chi connectivity index (χ0) is 18.0. The molecule has 2 atom stereocenters. The van der Waals surface area contributed by atoms with Crippen molar-refractivity contribution in [3.8, 4) is 5.75 Å². The number of hydrogen-bond donors (Lipinski definition) is 1. The summed E-state index contributed by atoms with van der Waals surface area (Å²) < 4.78 is 6.46. The van der Waals surface area contributed by atoms with Gasteiger partial charge in [-0.1, -0.05) is 34.1 Å². The van der Waals surface area contributed by atoms with E-state index in [1.807, 2.05) is 42.3 Å². The Balaban J connectivity index is 1.70. The second-order valence-corrected chi connectivity index (χ2v) is 7.63. The van der Waals surface area contributed by atoms with E-state index < -0.39 is 0 Å². The van der Waals surface area contributed by atoms with Crippen molar-refractivity contribution < 1.29 is 14.4 Å². The smallest absolute Gasteiger partial charge is 0.282 e. The summed E-state index contributed by atoms with van der Waals surface area (Å²) in [6.07, 6.45) is 0.931. The molecule has 0 aliphatic carbocycles. The molecule has 1 unspecified atom stereocenters. The first-order valence-corrected chi connectivity index (χ1v) is 9.32. The molecule has 0 radical (unpaired) electrons. The Bertz CT molecular complexity index is 778. The highest BCUT2D eigenvalue weighted by molar-refractivity contribution is 9.10. The third-order valence-electron chi connectivity index (χ3n) is 4.66. The van der Waals surface area contributed by atoms with Gasteiger partial charge in [0.2, 0.25) is 0 Å². The lowest BCUT2D eigenvalue weighted by Crippen LogP contribution is -3.09. The van der Waals surface area contributed by atoms with Gasteiger partial charge in [-0.25, -0.2) is 0 Å². The maximum Gasteiger partial charge on any atom is 0.282 e. The highest BCUT2D eigenvalue weighted by atomic mass is 79.9. The minimum Gasteiger partial charge on any atom is -0.496 e. The molecule has 1 N–H and O–H groups in total. The van der Waals surface area contributed by atoms with Crippen molar-refractivity contribution in [2.24, 2.45) is 0 Å². The molecule has 0 bridgehead atoms. The molecule has 1 heterocycles. The molecular formula is C20H24BrN2O2+. The third-order valence-corrected chi connectivity index (χ3v) is 5.16. The molecule has 1 amide bonds. The summed E-state index contributed by atoms with van der Waals surface area (Å²) in [6, 6.07) is 14.4. The Morgan fingerprint density at radius 3 is 2.84 bits per heavy atom. The van der Waals surface area contributed by atoms with Crippen molar-refractivity contribution in [2.45, 2.75) is 25.9 Å². The van der Waals surface area contributed by atoms with Crippen LogP contribution in [0.4, 0.5) is 5.69 Å². The molecule has 0 fully saturated rings. The van der Waals surface area contributed by atoms with Gasteiger partial charge in [-0.2, -0.15) is 0 Å². The highest BCUT2D eigenvalue weighted by Gasteiger charge is 2.32. The minimum atomic E-state index is 0.170. The molecule has 0 spiro atoms. The maximum absolute atomic E-state index is 12.9. The van der Waals surface area contributed by atoms with Gasteiger partial charge in [-0.15, -0.1) is 0 Å². The van der Waals surface area contributed by atoms with Crippen LogP contribution in [0.15, 0.2) is 46.9 Å². The molecule has 1 aliphatic heterocycles. The number of hydrogen-bond acceptors (Lipinski definition) is 2. The normalized spacial score (nSPS) is 17.3. The second kappa shape index (κ2) is 7.58. The summed E-state index contributed by atoms with van der Waals surface area (Å²) in [7, 11) is 3.72. The summed E-state index contributed by atoms with van der Waals surface area (Å²) >= 11 is 3.51. The minimum absolute atomic E-state index is 0.170. The van der Waals surface area contributed by atoms with Crippen molar-refractivity contribution in [3.05, 3.63) is 58.1 Å². The van der Waals surface area contributed by atoms with Gasteiger partial charge < -0.3 is 14.5 Å². The van der Waals surface area contributed by atoms with Crippen LogP contribution in [0, 0.1) is 0 Å². The van der Waals surface area contributed by atoms with Gasteiger partial charge in [0, 0.05) is 21.8 Å². The zero-order valence-electron chi connectivity index (χ0n) is 14.9. The van der Waals surface area contributed by atoms with Crippen LogP contribution in [-0.4, -0.2) is 32.7 Å². The van der Waals surface area contributed by atoms with E-state index in [1.165, 1.54) is 5.56 Å². The van der Waals surface area contributed by atoms with Crippen molar-refractivity contribution in [3.63, 3.8) is 0 Å². The molecule has 1 aliphatic rings. The SMILES string of the molecule is COc1ccc(Br)cc1C[NH+](C)CC(=O)N1c2ccccc2C[C@@H]1C. The lowest BCUT2D eigenvalue weighted by molar-refractivity contribution is -0.885. The Morgan fingerprint density at radius 2 is 2.08 bits per heavy atom. The third kappa shape index (κ3) is 3.88. The van der Waals surface area contributed by atoms with Crippen LogP contribution in [0.3, 0.4) is 0 Å². The van der Waals surface area contributed by atoms with Crippen LogP contribution >= 0.6 is 15.9 Å². The first-order valence-electron chi connectivity index (χ1n) is 8.53. The van der Waals surface area contributed by atoms with Gasteiger partial charge in [0.15, 0.2) is 6.54 Å². The first-order chi connectivity index (χ1) is 12.0. The van der Waals surface area contributed by atoms with Crippen molar-refractivity contribution in [2.75, 3.05) is 25.6 Å². The number of amides is 1. The van der Waals surface area contributed by atoms with E-state index in [-0.39, 0.29) is 11.9 Å². The van der Waals surface area contributed by atoms with Gasteiger partial charge in [0.25, 0.3) is 5.91 Å². The number of halogens is 1. The topological polar surface area (TPSA) is 34.0 Å². The van der Waals surface area contributed by atoms with Crippen LogP contribution in [0.2, 0.25) is 0 Å². The molecule has 25 heavy (non-hydrogen) atoms. The monoisotopic (exact) mass is 403 g/mol. The van der Waals surface area contributed by atoms with Gasteiger partial charge in [0.05, 0.1) is 14.2 Å². The number of carbonyl (C=O) groups is 1. The zero-order valence-corrected chi connectivity index (χ0v) is 16.5. The largest absolute Gasteiger partial charge is 0.496 e. The molecule has 132 valence electrons. The lowest BCUT2D eigenvalue weighted by Gasteiger charge is -2.24. The van der Waals surface area contributed by atoms with Crippen molar-refractivity contribution in [1.29, 1.82) is 0 Å². The second-order valence-electron chi connectivity index (χ2n) is 6.71. The molecule has 3 rings (SSSR count). The highest BCUT2D eigenvalue weighted by Crippen LogP contribution is 2.31. The van der Waals surface area contributed by atoms with E-state index in [0.717, 1.165) is 39.3 Å². The Labute approximate surface area is 157 Å². The van der Waals surface area contributed by atoms with Crippen molar-refractivity contribution >= 4 is 27.5 Å². The summed E-state index contributed by atoms with van der Waals surface area (Å²) in [5.74, 6) is 1.03. The predicted molar refractivity (Wildman–Crippen MR) is 103 cm³/mol. The summed E-state index contributed by atoms with van der Waals surface area (Å²) in [4.78, 5) is 16.0. The number of likely N-dealkylation sites (N-methyl/N-ethyl adjacent to an activating group) is 1. The quantitative estimate of drug-likeness (QED) is 0.831. The van der Waals surface area contributed by atoms with Crippen LogP contribution in [0.5, 0.6) is 5.75 Å². The Morgan fingerprint density at radius 1 is 1.32 bits per heavy atom. The Hall–Kier alpha value is -1.85. The lowest BCUT2D eigenvalue weighted by atomic mass is 10.1. The predicted octanol–water partition coefficient (Wildman–Crippen LogP) is 2.45. The number of anilines is 1. The average molecular weight is 404 g/mol. The van der Waals surface area contributed by atoms with E-state index in [0.29, 0.717) is 6.54 Å². The number of quaternary nitrogens is 1. The fraction of sp³-hybridized carbons (Fsp3) is 0.350. The van der Waals surface area contributed by atoms with Crippen LogP contribution < -0.4 is 14.5 Å². The number of methoxy groups -OCH3 is 1. The number of benzene rings is 2. The number of nitrogens with one attached hydrogen (secondary N) is 1. The van der Waals surface area contributed by atoms with E-state index in [9.17, 15) is 4.79 Å². The van der Waals surface area contributed by atoms with E-state index >= 15 is 0 Å². The molecule has 2 aromatic carbocycles. The van der Waals surface area contributed by atoms with Gasteiger partial charge in [0.1, 0.15) is 12.3 Å². The fourth-order valence-corrected chi connectivity index (χ4v) is 3.97. The number of nitrogens with zero attached hydrogens (tertiary/aromatic N) is 1. The molecule has 0 saturated heterocycles. The first kappa shape index (κ1) is 18.0. The number of rotatable bonds is 5. The van der Waals surface area contributed by atoms with Crippen LogP contribution in [-0.2, 0) is 17.8 Å². The molecule has 4 nitrogen and oxygen atoms in total. The number of carbonyl (C=O) groups excluding carboxylic acids is 1. The van der Waals surface area contributed by atoms with E-state index in [2.05, 4.69) is 35.0 Å². The molecule has 0 aromatic heterocycles. The summed E-state index contributed by atoms with van der Waals surface area (Å²) in [5, 5.41) is 0. The maximum atomic E-state index is 12.9. The fourth-order valence-electron chi connectivity index (χ4n) is 3.56. The summed E-state index contributed by atoms with van der Waals surface area (Å²) in [6.45, 7) is 3.30. The number of ether oxygens (including phenoxy) is 1. The van der Waals surface area contributed by atoms with Crippen molar-refractivity contribution in [1.82, 2.24) is 0 Å². The van der Waals surface area contributed by atoms with Gasteiger partial charge in [-0.3, -0.25) is 4.79 Å². The van der Waals surface area contributed by atoms with Crippen LogP contribution in [0.1, 0.15) is 18.1 Å². The number of para-hydroxylation sites is 1. The Kier molecular flexibility index (Phi) is 5.45. The number of fused-ring (bicyclic) bond motifs is 1. The molecule has 5 heteroatoms. The summed E-state index contributed by atoms with van der Waals surface area (Å²) in [5.41, 5.74) is 3.42.